The molecule has 1 N–H and O–H groups in total. The van der Waals surface area contributed by atoms with Gasteiger partial charge in [-0.3, -0.25) is 9.59 Å². The van der Waals surface area contributed by atoms with Gasteiger partial charge in [-0.2, -0.15) is 0 Å². The van der Waals surface area contributed by atoms with E-state index in [1.807, 2.05) is 0 Å². The summed E-state index contributed by atoms with van der Waals surface area (Å²) in [5.41, 5.74) is 0.777. The number of hydrogen-bond donors (Lipinski definition) is 1. The zero-order valence-electron chi connectivity index (χ0n) is 19.1. The van der Waals surface area contributed by atoms with Gasteiger partial charge >= 0.3 is 0 Å². The van der Waals surface area contributed by atoms with E-state index in [0.29, 0.717) is 43.1 Å². The van der Waals surface area contributed by atoms with E-state index < -0.39 is 11.4 Å². The SMILES string of the molecule is COc1cccc2c1C(=O)c1c(OC)c3c(c(OC)c1C2=O)CC(O)(C1(C)OCCO1)CC3. The minimum absolute atomic E-state index is 0.123. The molecule has 0 spiro atoms. The number of carbonyl (C=O) groups is 2. The highest BCUT2D eigenvalue weighted by Gasteiger charge is 2.54. The van der Waals surface area contributed by atoms with Crippen molar-refractivity contribution in [2.45, 2.75) is 37.6 Å². The standard InChI is InChI=1S/C25H26O8/c1-24(32-10-11-33-24)25(28)9-8-13-15(12-25)23(31-4)18-19(22(13)30-3)21(27)17-14(20(18)26)6-5-7-16(17)29-2/h5-7,28H,8-12H2,1-4H3. The van der Waals surface area contributed by atoms with Crippen molar-refractivity contribution in [2.24, 2.45) is 0 Å². The molecule has 0 aromatic heterocycles. The minimum atomic E-state index is -1.34. The molecule has 1 fully saturated rings. The maximum atomic E-state index is 13.7. The number of fused-ring (bicyclic) bond motifs is 3. The van der Waals surface area contributed by atoms with Gasteiger partial charge in [0.1, 0.15) is 22.8 Å². The Bertz CT molecular complexity index is 1180. The Labute approximate surface area is 191 Å². The number of ether oxygens (including phenoxy) is 5. The maximum absolute atomic E-state index is 13.7. The molecule has 1 heterocycles. The number of rotatable bonds is 4. The van der Waals surface area contributed by atoms with Crippen molar-refractivity contribution in [1.82, 2.24) is 0 Å². The molecule has 0 amide bonds. The summed E-state index contributed by atoms with van der Waals surface area (Å²) in [5.74, 6) is -0.967. The Hall–Kier alpha value is -2.94. The fraction of sp³-hybridized carbons (Fsp3) is 0.440. The topological polar surface area (TPSA) is 101 Å². The van der Waals surface area contributed by atoms with Gasteiger partial charge in [0.25, 0.3) is 0 Å². The summed E-state index contributed by atoms with van der Waals surface area (Å²) in [7, 11) is 4.39. The van der Waals surface area contributed by atoms with E-state index in [-0.39, 0.29) is 46.0 Å². The molecule has 1 unspecified atom stereocenters. The predicted octanol–water partition coefficient (Wildman–Crippen LogP) is 2.47. The molecule has 174 valence electrons. The Kier molecular flexibility index (Phi) is 5.00. The lowest BCUT2D eigenvalue weighted by molar-refractivity contribution is -0.262. The van der Waals surface area contributed by atoms with E-state index in [1.54, 1.807) is 25.1 Å². The quantitative estimate of drug-likeness (QED) is 0.642. The molecule has 1 atom stereocenters. The third kappa shape index (κ3) is 2.87. The van der Waals surface area contributed by atoms with Gasteiger partial charge in [-0.1, -0.05) is 12.1 Å². The smallest absolute Gasteiger partial charge is 0.202 e. The Morgan fingerprint density at radius 1 is 0.879 bits per heavy atom. The molecule has 2 aromatic rings. The first kappa shape index (κ1) is 21.9. The van der Waals surface area contributed by atoms with E-state index in [1.165, 1.54) is 21.3 Å². The first-order valence-corrected chi connectivity index (χ1v) is 10.9. The highest BCUT2D eigenvalue weighted by atomic mass is 16.7. The Morgan fingerprint density at radius 2 is 1.52 bits per heavy atom. The van der Waals surface area contributed by atoms with Gasteiger partial charge in [-0.15, -0.1) is 0 Å². The lowest BCUT2D eigenvalue weighted by atomic mass is 9.71. The van der Waals surface area contributed by atoms with E-state index >= 15 is 0 Å². The van der Waals surface area contributed by atoms with Crippen molar-refractivity contribution >= 4 is 11.6 Å². The van der Waals surface area contributed by atoms with Crippen LogP contribution in [0.1, 0.15) is 56.3 Å². The van der Waals surface area contributed by atoms with E-state index in [0.717, 1.165) is 5.56 Å². The molecular formula is C25H26O8. The molecule has 3 aliphatic rings. The first-order chi connectivity index (χ1) is 15.8. The van der Waals surface area contributed by atoms with E-state index in [2.05, 4.69) is 0 Å². The van der Waals surface area contributed by atoms with Gasteiger partial charge < -0.3 is 28.8 Å². The van der Waals surface area contributed by atoms with Crippen LogP contribution in [0.5, 0.6) is 17.2 Å². The fourth-order valence-electron chi connectivity index (χ4n) is 5.41. The monoisotopic (exact) mass is 454 g/mol. The second kappa shape index (κ2) is 7.55. The molecule has 2 aromatic carbocycles. The van der Waals surface area contributed by atoms with Gasteiger partial charge in [0.05, 0.1) is 51.2 Å². The third-order valence-corrected chi connectivity index (χ3v) is 7.14. The normalized spacial score (nSPS) is 22.9. The summed E-state index contributed by atoms with van der Waals surface area (Å²) in [5, 5.41) is 11.6. The molecule has 0 saturated carbocycles. The molecule has 1 saturated heterocycles. The molecule has 8 heteroatoms. The van der Waals surface area contributed by atoms with Crippen molar-refractivity contribution in [3.8, 4) is 17.2 Å². The molecule has 0 radical (unpaired) electrons. The molecule has 33 heavy (non-hydrogen) atoms. The van der Waals surface area contributed by atoms with Gasteiger partial charge in [0, 0.05) is 23.1 Å². The van der Waals surface area contributed by atoms with Gasteiger partial charge in [-0.25, -0.2) is 0 Å². The third-order valence-electron chi connectivity index (χ3n) is 7.14. The number of benzene rings is 2. The van der Waals surface area contributed by atoms with Crippen LogP contribution in [0.15, 0.2) is 18.2 Å². The van der Waals surface area contributed by atoms with E-state index in [9.17, 15) is 14.7 Å². The highest BCUT2D eigenvalue weighted by molar-refractivity contribution is 6.31. The van der Waals surface area contributed by atoms with Crippen LogP contribution in [0.4, 0.5) is 0 Å². The zero-order chi connectivity index (χ0) is 23.5. The average Bonchev–Trinajstić information content (AvgIpc) is 3.28. The fourth-order valence-corrected chi connectivity index (χ4v) is 5.41. The number of hydrogen-bond acceptors (Lipinski definition) is 8. The maximum Gasteiger partial charge on any atom is 0.202 e. The van der Waals surface area contributed by atoms with Crippen LogP contribution in [-0.2, 0) is 22.3 Å². The van der Waals surface area contributed by atoms with Crippen LogP contribution in [0.2, 0.25) is 0 Å². The van der Waals surface area contributed by atoms with Crippen LogP contribution < -0.4 is 14.2 Å². The Morgan fingerprint density at radius 3 is 2.15 bits per heavy atom. The average molecular weight is 454 g/mol. The van der Waals surface area contributed by atoms with E-state index in [4.69, 9.17) is 23.7 Å². The molecule has 5 rings (SSSR count). The summed E-state index contributed by atoms with van der Waals surface area (Å²) in [4.78, 5) is 27.4. The molecule has 1 aliphatic heterocycles. The summed E-state index contributed by atoms with van der Waals surface area (Å²) in [6, 6.07) is 4.92. The van der Waals surface area contributed by atoms with Crippen molar-refractivity contribution in [1.29, 1.82) is 0 Å². The minimum Gasteiger partial charge on any atom is -0.496 e. The van der Waals surface area contributed by atoms with Crippen LogP contribution in [0, 0.1) is 0 Å². The first-order valence-electron chi connectivity index (χ1n) is 10.9. The number of aliphatic hydroxyl groups is 1. The molecular weight excluding hydrogens is 428 g/mol. The number of ketones is 2. The lowest BCUT2D eigenvalue weighted by Crippen LogP contribution is -2.56. The number of carbonyl (C=O) groups excluding carboxylic acids is 2. The highest BCUT2D eigenvalue weighted by Crippen LogP contribution is 2.51. The van der Waals surface area contributed by atoms with Crippen molar-refractivity contribution in [2.75, 3.05) is 34.5 Å². The van der Waals surface area contributed by atoms with Crippen LogP contribution in [0.25, 0.3) is 0 Å². The zero-order valence-corrected chi connectivity index (χ0v) is 19.1. The van der Waals surface area contributed by atoms with Crippen molar-refractivity contribution in [3.05, 3.63) is 51.6 Å². The molecule has 2 aliphatic carbocycles. The summed E-state index contributed by atoms with van der Waals surface area (Å²) >= 11 is 0. The van der Waals surface area contributed by atoms with Crippen LogP contribution >= 0.6 is 0 Å². The van der Waals surface area contributed by atoms with Gasteiger partial charge in [0.15, 0.2) is 11.6 Å². The predicted molar refractivity (Wildman–Crippen MR) is 117 cm³/mol. The van der Waals surface area contributed by atoms with Gasteiger partial charge in [-0.05, 0) is 25.8 Å². The Balaban J connectivity index is 1.75. The van der Waals surface area contributed by atoms with Crippen molar-refractivity contribution < 1.29 is 38.4 Å². The van der Waals surface area contributed by atoms with Gasteiger partial charge in [0.2, 0.25) is 5.78 Å². The lowest BCUT2D eigenvalue weighted by Gasteiger charge is -2.44. The molecule has 0 bridgehead atoms. The number of methoxy groups -OCH3 is 3. The second-order valence-electron chi connectivity index (χ2n) is 8.67. The van der Waals surface area contributed by atoms with Crippen LogP contribution in [0.3, 0.4) is 0 Å². The van der Waals surface area contributed by atoms with Crippen LogP contribution in [-0.4, -0.2) is 62.6 Å². The summed E-state index contributed by atoms with van der Waals surface area (Å²) in [6.45, 7) is 2.51. The summed E-state index contributed by atoms with van der Waals surface area (Å²) < 4.78 is 28.4. The van der Waals surface area contributed by atoms with Crippen molar-refractivity contribution in [3.63, 3.8) is 0 Å². The summed E-state index contributed by atoms with van der Waals surface area (Å²) in [6.07, 6.45) is 0.843. The second-order valence-corrected chi connectivity index (χ2v) is 8.67. The largest absolute Gasteiger partial charge is 0.496 e. The molecule has 8 nitrogen and oxygen atoms in total.